The molecule has 27 heavy (non-hydrogen) atoms. The van der Waals surface area contributed by atoms with Crippen LogP contribution in [0, 0.1) is 5.82 Å². The van der Waals surface area contributed by atoms with E-state index in [0.29, 0.717) is 11.5 Å². The number of aromatic hydroxyl groups is 1. The van der Waals surface area contributed by atoms with E-state index in [4.69, 9.17) is 9.47 Å². The number of halogens is 1. The van der Waals surface area contributed by atoms with Gasteiger partial charge in [0.05, 0.1) is 6.10 Å². The van der Waals surface area contributed by atoms with E-state index in [0.717, 1.165) is 24.0 Å². The minimum absolute atomic E-state index is 0.0234. The van der Waals surface area contributed by atoms with E-state index in [1.807, 2.05) is 45.0 Å². The summed E-state index contributed by atoms with van der Waals surface area (Å²) in [5.41, 5.74) is 1.77. The molecule has 2 aromatic rings. The molecule has 0 heterocycles. The van der Waals surface area contributed by atoms with Gasteiger partial charge in [0, 0.05) is 5.56 Å². The third kappa shape index (κ3) is 5.07. The monoisotopic (exact) mass is 372 g/mol. The molecule has 3 rings (SSSR count). The topological polar surface area (TPSA) is 55.8 Å². The van der Waals surface area contributed by atoms with Crippen LogP contribution in [0.5, 0.6) is 5.75 Å². The number of phenolic OH excluding ortho intramolecular Hbond substituents is 1. The zero-order valence-corrected chi connectivity index (χ0v) is 15.9. The van der Waals surface area contributed by atoms with Crippen LogP contribution in [0.4, 0.5) is 4.39 Å². The first-order chi connectivity index (χ1) is 12.7. The molecule has 0 aliphatic heterocycles. The number of phenols is 1. The van der Waals surface area contributed by atoms with Crippen LogP contribution in [0.1, 0.15) is 45.1 Å². The van der Waals surface area contributed by atoms with Gasteiger partial charge in [-0.15, -0.1) is 0 Å². The number of hydrogen-bond acceptors (Lipinski definition) is 4. The Balaban J connectivity index is 1.51. The first-order valence-corrected chi connectivity index (χ1v) is 9.13. The summed E-state index contributed by atoms with van der Waals surface area (Å²) in [5, 5.41) is 9.56. The molecule has 5 heteroatoms. The van der Waals surface area contributed by atoms with Crippen molar-refractivity contribution in [3.05, 3.63) is 53.8 Å². The van der Waals surface area contributed by atoms with Gasteiger partial charge >= 0.3 is 5.97 Å². The van der Waals surface area contributed by atoms with Gasteiger partial charge in [-0.2, -0.15) is 0 Å². The van der Waals surface area contributed by atoms with E-state index >= 15 is 0 Å². The zero-order valence-electron chi connectivity index (χ0n) is 15.9. The fourth-order valence-corrected chi connectivity index (χ4v) is 3.20. The van der Waals surface area contributed by atoms with Gasteiger partial charge in [0.1, 0.15) is 23.8 Å². The molecule has 1 aliphatic carbocycles. The number of carbonyl (C=O) groups excluding carboxylic acids is 1. The van der Waals surface area contributed by atoms with Gasteiger partial charge < -0.3 is 14.6 Å². The predicted molar refractivity (Wildman–Crippen MR) is 101 cm³/mol. The molecule has 1 fully saturated rings. The van der Waals surface area contributed by atoms with Crippen molar-refractivity contribution in [2.75, 3.05) is 6.61 Å². The SMILES string of the molecule is CC(C)(C)OC(=O)CO[C@H]1C[C@@H](c2ccc(-c3cc(O)ccc3F)cc2)C1. The molecular formula is C22H25FO4. The number of esters is 1. The number of benzene rings is 2. The molecule has 0 bridgehead atoms. The van der Waals surface area contributed by atoms with Crippen molar-refractivity contribution in [3.8, 4) is 16.9 Å². The lowest BCUT2D eigenvalue weighted by atomic mass is 9.77. The zero-order chi connectivity index (χ0) is 19.6. The molecule has 1 saturated carbocycles. The Bertz CT molecular complexity index is 802. The molecule has 0 atom stereocenters. The van der Waals surface area contributed by atoms with E-state index in [9.17, 15) is 14.3 Å². The maximum absolute atomic E-state index is 13.9. The van der Waals surface area contributed by atoms with Gasteiger partial charge in [-0.05, 0) is 68.9 Å². The Labute approximate surface area is 158 Å². The highest BCUT2D eigenvalue weighted by molar-refractivity contribution is 5.71. The van der Waals surface area contributed by atoms with Crippen molar-refractivity contribution in [3.63, 3.8) is 0 Å². The second kappa shape index (κ2) is 7.69. The molecule has 0 spiro atoms. The van der Waals surface area contributed by atoms with Crippen LogP contribution < -0.4 is 0 Å². The normalized spacial score (nSPS) is 19.4. The minimum atomic E-state index is -0.501. The quantitative estimate of drug-likeness (QED) is 0.766. The standard InChI is InChI=1S/C22H25FO4/c1-22(2,3)27-21(25)13-26-18-10-16(11-18)14-4-6-15(7-5-14)19-12-17(24)8-9-20(19)23/h4-9,12,16,18,24H,10-11,13H2,1-3H3/t16-,18+. The Hall–Kier alpha value is -2.40. The van der Waals surface area contributed by atoms with E-state index in [2.05, 4.69) is 0 Å². The van der Waals surface area contributed by atoms with Crippen molar-refractivity contribution < 1.29 is 23.8 Å². The predicted octanol–water partition coefficient (Wildman–Crippen LogP) is 4.80. The molecule has 0 amide bonds. The molecule has 2 aromatic carbocycles. The van der Waals surface area contributed by atoms with Gasteiger partial charge in [0.2, 0.25) is 0 Å². The Morgan fingerprint density at radius 2 is 1.81 bits per heavy atom. The van der Waals surface area contributed by atoms with Crippen LogP contribution in [-0.2, 0) is 14.3 Å². The lowest BCUT2D eigenvalue weighted by Gasteiger charge is -2.35. The molecule has 0 radical (unpaired) electrons. The molecule has 0 aromatic heterocycles. The largest absolute Gasteiger partial charge is 0.508 e. The molecular weight excluding hydrogens is 347 g/mol. The van der Waals surface area contributed by atoms with Crippen LogP contribution in [-0.4, -0.2) is 29.4 Å². The van der Waals surface area contributed by atoms with Gasteiger partial charge in [0.15, 0.2) is 0 Å². The maximum Gasteiger partial charge on any atom is 0.332 e. The van der Waals surface area contributed by atoms with E-state index in [-0.39, 0.29) is 30.2 Å². The summed E-state index contributed by atoms with van der Waals surface area (Å²) in [6.07, 6.45) is 1.76. The summed E-state index contributed by atoms with van der Waals surface area (Å²) in [6.45, 7) is 5.47. The van der Waals surface area contributed by atoms with Crippen LogP contribution >= 0.6 is 0 Å². The Morgan fingerprint density at radius 1 is 1.15 bits per heavy atom. The average Bonchev–Trinajstić information content (AvgIpc) is 2.54. The van der Waals surface area contributed by atoms with Crippen LogP contribution in [0.25, 0.3) is 11.1 Å². The van der Waals surface area contributed by atoms with Crippen molar-refractivity contribution >= 4 is 5.97 Å². The summed E-state index contributed by atoms with van der Waals surface area (Å²) < 4.78 is 24.8. The molecule has 0 saturated heterocycles. The highest BCUT2D eigenvalue weighted by Crippen LogP contribution is 2.39. The third-order valence-corrected chi connectivity index (χ3v) is 4.59. The molecule has 1 N–H and O–H groups in total. The summed E-state index contributed by atoms with van der Waals surface area (Å²) in [6, 6.07) is 11.7. The minimum Gasteiger partial charge on any atom is -0.508 e. The second-order valence-electron chi connectivity index (χ2n) is 7.97. The summed E-state index contributed by atoms with van der Waals surface area (Å²) >= 11 is 0. The van der Waals surface area contributed by atoms with Crippen molar-refractivity contribution in [2.24, 2.45) is 0 Å². The number of ether oxygens (including phenoxy) is 2. The molecule has 0 unspecified atom stereocenters. The summed E-state index contributed by atoms with van der Waals surface area (Å²) in [7, 11) is 0. The highest BCUT2D eigenvalue weighted by atomic mass is 19.1. The molecule has 1 aliphatic rings. The summed E-state index contributed by atoms with van der Waals surface area (Å²) in [5.74, 6) is -0.292. The first kappa shape index (κ1) is 19.4. The molecule has 4 nitrogen and oxygen atoms in total. The lowest BCUT2D eigenvalue weighted by Crippen LogP contribution is -2.33. The van der Waals surface area contributed by atoms with Crippen molar-refractivity contribution in [1.82, 2.24) is 0 Å². The smallest absolute Gasteiger partial charge is 0.332 e. The highest BCUT2D eigenvalue weighted by Gasteiger charge is 2.32. The van der Waals surface area contributed by atoms with E-state index in [1.165, 1.54) is 18.2 Å². The second-order valence-corrected chi connectivity index (χ2v) is 7.97. The first-order valence-electron chi connectivity index (χ1n) is 9.13. The lowest BCUT2D eigenvalue weighted by molar-refractivity contribution is -0.164. The fraction of sp³-hybridized carbons (Fsp3) is 0.409. The van der Waals surface area contributed by atoms with Gasteiger partial charge in [0.25, 0.3) is 0 Å². The Morgan fingerprint density at radius 3 is 2.44 bits per heavy atom. The van der Waals surface area contributed by atoms with Gasteiger partial charge in [-0.25, -0.2) is 9.18 Å². The maximum atomic E-state index is 13.9. The van der Waals surface area contributed by atoms with Crippen LogP contribution in [0.2, 0.25) is 0 Å². The van der Waals surface area contributed by atoms with E-state index < -0.39 is 5.60 Å². The van der Waals surface area contributed by atoms with Gasteiger partial charge in [-0.1, -0.05) is 24.3 Å². The number of rotatable bonds is 5. The third-order valence-electron chi connectivity index (χ3n) is 4.59. The Kier molecular flexibility index (Phi) is 5.51. The van der Waals surface area contributed by atoms with Crippen LogP contribution in [0.15, 0.2) is 42.5 Å². The van der Waals surface area contributed by atoms with Crippen LogP contribution in [0.3, 0.4) is 0 Å². The average molecular weight is 372 g/mol. The van der Waals surface area contributed by atoms with Crippen molar-refractivity contribution in [2.45, 2.75) is 51.2 Å². The fourth-order valence-electron chi connectivity index (χ4n) is 3.20. The number of carbonyl (C=O) groups is 1. The summed E-state index contributed by atoms with van der Waals surface area (Å²) in [4.78, 5) is 11.7. The molecule has 144 valence electrons. The van der Waals surface area contributed by atoms with Gasteiger partial charge in [-0.3, -0.25) is 0 Å². The van der Waals surface area contributed by atoms with E-state index in [1.54, 1.807) is 0 Å². The van der Waals surface area contributed by atoms with Crippen molar-refractivity contribution in [1.29, 1.82) is 0 Å². The number of hydrogen-bond donors (Lipinski definition) is 1.